The van der Waals surface area contributed by atoms with Gasteiger partial charge in [-0.3, -0.25) is 9.59 Å². The fraction of sp³-hybridized carbons (Fsp3) is 0.571. The summed E-state index contributed by atoms with van der Waals surface area (Å²) in [6, 6.07) is 3.31. The van der Waals surface area contributed by atoms with Gasteiger partial charge in [0.2, 0.25) is 0 Å². The van der Waals surface area contributed by atoms with E-state index in [0.717, 1.165) is 19.3 Å². The number of carbonyl (C=O) groups is 2. The van der Waals surface area contributed by atoms with Crippen molar-refractivity contribution in [1.82, 2.24) is 9.88 Å². The Morgan fingerprint density at radius 1 is 1.50 bits per heavy atom. The van der Waals surface area contributed by atoms with Gasteiger partial charge < -0.3 is 19.7 Å². The van der Waals surface area contributed by atoms with Crippen LogP contribution in [0.3, 0.4) is 0 Å². The number of carbonyl (C=O) groups excluding carboxylic acids is 1. The van der Waals surface area contributed by atoms with Crippen molar-refractivity contribution in [2.45, 2.75) is 25.8 Å². The van der Waals surface area contributed by atoms with Crippen LogP contribution in [0.15, 0.2) is 18.3 Å². The summed E-state index contributed by atoms with van der Waals surface area (Å²) in [4.78, 5) is 22.8. The van der Waals surface area contributed by atoms with Crippen molar-refractivity contribution < 1.29 is 19.4 Å². The fourth-order valence-corrected chi connectivity index (χ4v) is 2.27. The SMILES string of the molecule is COCCC1(CNC(=O)c2cccn2CC(=O)O)CC1. The molecule has 0 radical (unpaired) electrons. The molecule has 1 amide bonds. The lowest BCUT2D eigenvalue weighted by Gasteiger charge is -2.16. The monoisotopic (exact) mass is 280 g/mol. The highest BCUT2D eigenvalue weighted by Crippen LogP contribution is 2.48. The van der Waals surface area contributed by atoms with E-state index in [1.807, 2.05) is 0 Å². The number of aliphatic carboxylic acids is 1. The first-order chi connectivity index (χ1) is 9.56. The van der Waals surface area contributed by atoms with Crippen LogP contribution in [0.1, 0.15) is 29.8 Å². The predicted molar refractivity (Wildman–Crippen MR) is 72.6 cm³/mol. The lowest BCUT2D eigenvalue weighted by atomic mass is 10.0. The highest BCUT2D eigenvalue weighted by atomic mass is 16.5. The van der Waals surface area contributed by atoms with Crippen molar-refractivity contribution in [2.24, 2.45) is 5.41 Å². The smallest absolute Gasteiger partial charge is 0.323 e. The van der Waals surface area contributed by atoms with Crippen LogP contribution in [-0.4, -0.2) is 41.8 Å². The number of amides is 1. The molecule has 0 aliphatic heterocycles. The third-order valence-electron chi connectivity index (χ3n) is 3.79. The van der Waals surface area contributed by atoms with Crippen LogP contribution in [0.2, 0.25) is 0 Å². The molecule has 20 heavy (non-hydrogen) atoms. The van der Waals surface area contributed by atoms with Gasteiger partial charge in [-0.05, 0) is 36.8 Å². The van der Waals surface area contributed by atoms with Gasteiger partial charge in [0, 0.05) is 26.5 Å². The van der Waals surface area contributed by atoms with Gasteiger partial charge in [-0.15, -0.1) is 0 Å². The van der Waals surface area contributed by atoms with Crippen LogP contribution in [-0.2, 0) is 16.1 Å². The standard InChI is InChI=1S/C14H20N2O4/c1-20-8-6-14(4-5-14)10-15-13(19)11-3-2-7-16(11)9-12(17)18/h2-3,7H,4-6,8-10H2,1H3,(H,15,19)(H,17,18). The van der Waals surface area contributed by atoms with Crippen LogP contribution in [0.25, 0.3) is 0 Å². The number of nitrogens with one attached hydrogen (secondary N) is 1. The number of carboxylic acids is 1. The molecule has 2 N–H and O–H groups in total. The zero-order valence-corrected chi connectivity index (χ0v) is 11.6. The Bertz CT molecular complexity index is 491. The molecule has 1 aliphatic carbocycles. The second-order valence-corrected chi connectivity index (χ2v) is 5.34. The third-order valence-corrected chi connectivity index (χ3v) is 3.79. The van der Waals surface area contributed by atoms with Crippen LogP contribution >= 0.6 is 0 Å². The molecule has 1 fully saturated rings. The maximum atomic E-state index is 12.1. The van der Waals surface area contributed by atoms with E-state index >= 15 is 0 Å². The molecular weight excluding hydrogens is 260 g/mol. The van der Waals surface area contributed by atoms with Crippen LogP contribution < -0.4 is 5.32 Å². The van der Waals surface area contributed by atoms with Gasteiger partial charge in [-0.2, -0.15) is 0 Å². The van der Waals surface area contributed by atoms with Crippen molar-refractivity contribution in [1.29, 1.82) is 0 Å². The van der Waals surface area contributed by atoms with Crippen molar-refractivity contribution in [3.63, 3.8) is 0 Å². The Balaban J connectivity index is 1.89. The molecular formula is C14H20N2O4. The van der Waals surface area contributed by atoms with E-state index in [9.17, 15) is 9.59 Å². The third kappa shape index (κ3) is 3.60. The van der Waals surface area contributed by atoms with Crippen LogP contribution in [0.5, 0.6) is 0 Å². The van der Waals surface area contributed by atoms with Crippen molar-refractivity contribution >= 4 is 11.9 Å². The largest absolute Gasteiger partial charge is 0.480 e. The quantitative estimate of drug-likeness (QED) is 0.747. The van der Waals surface area contributed by atoms with Gasteiger partial charge in [-0.25, -0.2) is 0 Å². The van der Waals surface area contributed by atoms with Crippen molar-refractivity contribution in [3.05, 3.63) is 24.0 Å². The maximum Gasteiger partial charge on any atom is 0.323 e. The molecule has 0 bridgehead atoms. The molecule has 0 saturated heterocycles. The number of hydrogen-bond donors (Lipinski definition) is 2. The molecule has 6 nitrogen and oxygen atoms in total. The minimum atomic E-state index is -0.964. The highest BCUT2D eigenvalue weighted by Gasteiger charge is 2.42. The molecule has 0 atom stereocenters. The van der Waals surface area contributed by atoms with Crippen molar-refractivity contribution in [2.75, 3.05) is 20.3 Å². The van der Waals surface area contributed by atoms with Crippen molar-refractivity contribution in [3.8, 4) is 0 Å². The van der Waals surface area contributed by atoms with Gasteiger partial charge >= 0.3 is 5.97 Å². The summed E-state index contributed by atoms with van der Waals surface area (Å²) in [5.41, 5.74) is 0.561. The van der Waals surface area contributed by atoms with Crippen LogP contribution in [0, 0.1) is 5.41 Å². The number of nitrogens with zero attached hydrogens (tertiary/aromatic N) is 1. The first-order valence-corrected chi connectivity index (χ1v) is 6.70. The molecule has 0 unspecified atom stereocenters. The average Bonchev–Trinajstić information content (AvgIpc) is 3.04. The van der Waals surface area contributed by atoms with Gasteiger partial charge in [0.25, 0.3) is 5.91 Å². The maximum absolute atomic E-state index is 12.1. The Morgan fingerprint density at radius 2 is 2.25 bits per heavy atom. The Morgan fingerprint density at radius 3 is 2.85 bits per heavy atom. The normalized spacial score (nSPS) is 15.8. The molecule has 1 heterocycles. The molecule has 1 aliphatic rings. The van der Waals surface area contributed by atoms with E-state index in [0.29, 0.717) is 18.8 Å². The molecule has 2 rings (SSSR count). The van der Waals surface area contributed by atoms with Gasteiger partial charge in [-0.1, -0.05) is 0 Å². The summed E-state index contributed by atoms with van der Waals surface area (Å²) in [7, 11) is 1.67. The number of aromatic nitrogens is 1. The topological polar surface area (TPSA) is 80.6 Å². The van der Waals surface area contributed by atoms with E-state index in [-0.39, 0.29) is 17.9 Å². The summed E-state index contributed by atoms with van der Waals surface area (Å²) in [6.45, 7) is 1.11. The van der Waals surface area contributed by atoms with E-state index < -0.39 is 5.97 Å². The molecule has 110 valence electrons. The molecule has 1 saturated carbocycles. The zero-order chi connectivity index (χ0) is 14.6. The summed E-state index contributed by atoms with van der Waals surface area (Å²) in [5.74, 6) is -1.19. The summed E-state index contributed by atoms with van der Waals surface area (Å²) < 4.78 is 6.51. The number of rotatable bonds is 8. The van der Waals surface area contributed by atoms with Gasteiger partial charge in [0.1, 0.15) is 12.2 Å². The molecule has 0 aromatic carbocycles. The van der Waals surface area contributed by atoms with E-state index in [4.69, 9.17) is 9.84 Å². The predicted octanol–water partition coefficient (Wildman–Crippen LogP) is 1.12. The summed E-state index contributed by atoms with van der Waals surface area (Å²) in [5, 5.41) is 11.7. The van der Waals surface area contributed by atoms with Crippen LogP contribution in [0.4, 0.5) is 0 Å². The number of carboxylic acid groups (broad SMARTS) is 1. The molecule has 6 heteroatoms. The van der Waals surface area contributed by atoms with Gasteiger partial charge in [0.05, 0.1) is 0 Å². The Kier molecular flexibility index (Phi) is 4.44. The number of methoxy groups -OCH3 is 1. The van der Waals surface area contributed by atoms with E-state index in [1.165, 1.54) is 4.57 Å². The Labute approximate surface area is 117 Å². The summed E-state index contributed by atoms with van der Waals surface area (Å²) in [6.07, 6.45) is 4.75. The summed E-state index contributed by atoms with van der Waals surface area (Å²) >= 11 is 0. The average molecular weight is 280 g/mol. The van der Waals surface area contributed by atoms with E-state index in [1.54, 1.807) is 25.4 Å². The first-order valence-electron chi connectivity index (χ1n) is 6.70. The Hall–Kier alpha value is -1.82. The second kappa shape index (κ2) is 6.09. The lowest BCUT2D eigenvalue weighted by molar-refractivity contribution is -0.137. The highest BCUT2D eigenvalue weighted by molar-refractivity contribution is 5.93. The molecule has 1 aromatic rings. The zero-order valence-electron chi connectivity index (χ0n) is 11.6. The molecule has 0 spiro atoms. The minimum absolute atomic E-state index is 0.176. The number of hydrogen-bond acceptors (Lipinski definition) is 3. The second-order valence-electron chi connectivity index (χ2n) is 5.34. The fourth-order valence-electron chi connectivity index (χ4n) is 2.27. The lowest BCUT2D eigenvalue weighted by Crippen LogP contribution is -2.32. The van der Waals surface area contributed by atoms with E-state index in [2.05, 4.69) is 5.32 Å². The van der Waals surface area contributed by atoms with Gasteiger partial charge in [0.15, 0.2) is 0 Å². The first kappa shape index (κ1) is 14.6. The molecule has 1 aromatic heterocycles. The number of ether oxygens (including phenoxy) is 1. The minimum Gasteiger partial charge on any atom is -0.480 e.